The van der Waals surface area contributed by atoms with E-state index in [1.165, 1.54) is 61.6 Å². The third kappa shape index (κ3) is 9.52. The molecule has 0 bridgehead atoms. The first kappa shape index (κ1) is 30.3. The van der Waals surface area contributed by atoms with Crippen LogP contribution in [0.5, 0.6) is 0 Å². The Labute approximate surface area is 208 Å². The number of piperidine rings is 1. The number of aryl methyl sites for hydroxylation is 1. The van der Waals surface area contributed by atoms with Gasteiger partial charge in [0.25, 0.3) is 0 Å². The number of nitrogens with zero attached hydrogens (tertiary/aromatic N) is 2. The first-order chi connectivity index (χ1) is 16.7. The number of likely N-dealkylation sites (tertiary alicyclic amines) is 2. The molecule has 1 aromatic rings. The highest BCUT2D eigenvalue weighted by Gasteiger charge is 2.42. The van der Waals surface area contributed by atoms with E-state index in [0.717, 1.165) is 19.1 Å². The average molecular weight is 549 g/mol. The van der Waals surface area contributed by atoms with Crippen molar-refractivity contribution in [3.63, 3.8) is 0 Å². The molecule has 0 aliphatic carbocycles. The Hall–Kier alpha value is -1.90. The van der Waals surface area contributed by atoms with E-state index in [-0.39, 0.29) is 0 Å². The molecular weight excluding hydrogens is 518 g/mol. The molecule has 4 rings (SSSR count). The summed E-state index contributed by atoms with van der Waals surface area (Å²) in [7, 11) is 0. The Balaban J connectivity index is 0.000000271. The van der Waals surface area contributed by atoms with Gasteiger partial charge in [-0.05, 0) is 63.7 Å². The minimum absolute atomic E-state index is 0.494. The first-order valence-corrected chi connectivity index (χ1v) is 12.2. The molecule has 0 amide bonds. The van der Waals surface area contributed by atoms with Crippen LogP contribution in [0.1, 0.15) is 35.4 Å². The highest BCUT2D eigenvalue weighted by Crippen LogP contribution is 2.33. The summed E-state index contributed by atoms with van der Waals surface area (Å²) in [6.07, 6.45) is -4.32. The van der Waals surface area contributed by atoms with Gasteiger partial charge in [0.1, 0.15) is 0 Å². The van der Waals surface area contributed by atoms with Crippen LogP contribution in [0.15, 0.2) is 12.1 Å². The molecule has 14 heteroatoms. The molecule has 206 valence electrons. The average Bonchev–Trinajstić information content (AvgIpc) is 3.45. The topological polar surface area (TPSA) is 90.3 Å². The van der Waals surface area contributed by atoms with Gasteiger partial charge in [-0.2, -0.15) is 26.3 Å². The zero-order chi connectivity index (χ0) is 27.1. The van der Waals surface area contributed by atoms with Crippen LogP contribution >= 0.6 is 11.3 Å². The maximum atomic E-state index is 10.6. The number of carboxylic acids is 2. The van der Waals surface area contributed by atoms with Gasteiger partial charge in [0.05, 0.1) is 6.10 Å². The van der Waals surface area contributed by atoms with Crippen molar-refractivity contribution in [3.05, 3.63) is 21.9 Å². The van der Waals surface area contributed by atoms with Crippen LogP contribution in [-0.4, -0.2) is 89.2 Å². The molecule has 1 aromatic heterocycles. The van der Waals surface area contributed by atoms with E-state index < -0.39 is 24.3 Å². The number of rotatable bonds is 3. The molecule has 0 radical (unpaired) electrons. The van der Waals surface area contributed by atoms with E-state index in [4.69, 9.17) is 24.5 Å². The number of hydrogen-bond donors (Lipinski definition) is 2. The SMILES string of the molecule is Cc1ccc(CN2C[C@@H]3CCCO[C@@H]3[C@H](N3CCCC3)C2)s1.O=C(O)C(F)(F)F.O=C(O)C(F)(F)F. The van der Waals surface area contributed by atoms with Gasteiger partial charge >= 0.3 is 24.3 Å². The lowest BCUT2D eigenvalue weighted by molar-refractivity contribution is -0.193. The van der Waals surface area contributed by atoms with Gasteiger partial charge in [0.2, 0.25) is 0 Å². The molecule has 0 aromatic carbocycles. The number of carboxylic acid groups (broad SMARTS) is 2. The molecule has 36 heavy (non-hydrogen) atoms. The van der Waals surface area contributed by atoms with Gasteiger partial charge in [-0.1, -0.05) is 0 Å². The first-order valence-electron chi connectivity index (χ1n) is 11.4. The third-order valence-electron chi connectivity index (χ3n) is 6.08. The summed E-state index contributed by atoms with van der Waals surface area (Å²) in [5.41, 5.74) is 0. The quantitative estimate of drug-likeness (QED) is 0.542. The van der Waals surface area contributed by atoms with Gasteiger partial charge in [0.15, 0.2) is 0 Å². The van der Waals surface area contributed by atoms with Gasteiger partial charge in [0, 0.05) is 42.0 Å². The predicted molar refractivity (Wildman–Crippen MR) is 119 cm³/mol. The summed E-state index contributed by atoms with van der Waals surface area (Å²) < 4.78 is 69.7. The number of thiophene rings is 1. The number of fused-ring (bicyclic) bond motifs is 1. The number of hydrogen-bond acceptors (Lipinski definition) is 6. The summed E-state index contributed by atoms with van der Waals surface area (Å²) in [5, 5.41) is 14.2. The van der Waals surface area contributed by atoms with E-state index >= 15 is 0 Å². The normalized spacial score (nSPS) is 25.1. The molecule has 3 aliphatic heterocycles. The number of alkyl halides is 6. The minimum atomic E-state index is -5.08. The molecule has 4 heterocycles. The number of ether oxygens (including phenoxy) is 1. The van der Waals surface area contributed by atoms with Crippen molar-refractivity contribution in [3.8, 4) is 0 Å². The summed E-state index contributed by atoms with van der Waals surface area (Å²) in [5.74, 6) is -4.77. The molecule has 3 aliphatic rings. The van der Waals surface area contributed by atoms with Crippen molar-refractivity contribution in [2.24, 2.45) is 5.92 Å². The Bertz CT molecular complexity index is 833. The zero-order valence-electron chi connectivity index (χ0n) is 19.6. The fraction of sp³-hybridized carbons (Fsp3) is 0.727. The molecule has 3 atom stereocenters. The van der Waals surface area contributed by atoms with Gasteiger partial charge in [-0.25, -0.2) is 9.59 Å². The molecule has 7 nitrogen and oxygen atoms in total. The standard InChI is InChI=1S/C18H28N2OS.2C2HF3O2/c1-14-6-7-16(22-14)12-19-11-15-5-4-10-21-18(15)17(13-19)20-8-2-3-9-20;2*3-2(4,5)1(6)7/h6-7,15,17-18H,2-5,8-13H2,1H3;2*(H,6,7)/t15-,17+,18-;;/m0../s1. The van der Waals surface area contributed by atoms with Crippen LogP contribution in [0.3, 0.4) is 0 Å². The minimum Gasteiger partial charge on any atom is -0.475 e. The van der Waals surface area contributed by atoms with Crippen LogP contribution in [0.4, 0.5) is 26.3 Å². The second-order valence-electron chi connectivity index (χ2n) is 8.86. The lowest BCUT2D eigenvalue weighted by Gasteiger charge is -2.48. The lowest BCUT2D eigenvalue weighted by Crippen LogP contribution is -2.60. The van der Waals surface area contributed by atoms with E-state index in [1.807, 2.05) is 11.3 Å². The van der Waals surface area contributed by atoms with E-state index in [0.29, 0.717) is 12.1 Å². The predicted octanol–water partition coefficient (Wildman–Crippen LogP) is 4.40. The monoisotopic (exact) mass is 548 g/mol. The zero-order valence-corrected chi connectivity index (χ0v) is 20.5. The Morgan fingerprint density at radius 3 is 2.03 bits per heavy atom. The van der Waals surface area contributed by atoms with Crippen LogP contribution in [0, 0.1) is 12.8 Å². The van der Waals surface area contributed by atoms with Gasteiger partial charge in [-0.15, -0.1) is 11.3 Å². The Kier molecular flexibility index (Phi) is 11.0. The van der Waals surface area contributed by atoms with Crippen molar-refractivity contribution in [1.82, 2.24) is 9.80 Å². The highest BCUT2D eigenvalue weighted by molar-refractivity contribution is 7.11. The molecule has 0 unspecified atom stereocenters. The van der Waals surface area contributed by atoms with E-state index in [9.17, 15) is 26.3 Å². The van der Waals surface area contributed by atoms with E-state index in [1.54, 1.807) is 0 Å². The fourth-order valence-electron chi connectivity index (χ4n) is 4.58. The van der Waals surface area contributed by atoms with Crippen molar-refractivity contribution in [1.29, 1.82) is 0 Å². The van der Waals surface area contributed by atoms with Crippen molar-refractivity contribution in [2.45, 2.75) is 63.7 Å². The lowest BCUT2D eigenvalue weighted by atomic mass is 9.84. The van der Waals surface area contributed by atoms with Crippen LogP contribution in [0.2, 0.25) is 0 Å². The summed E-state index contributed by atoms with van der Waals surface area (Å²) >= 11 is 1.96. The fourth-order valence-corrected chi connectivity index (χ4v) is 5.51. The number of halogens is 6. The third-order valence-corrected chi connectivity index (χ3v) is 7.07. The second kappa shape index (κ2) is 13.1. The second-order valence-corrected chi connectivity index (χ2v) is 10.2. The number of aliphatic carboxylic acids is 2. The molecule has 0 saturated carbocycles. The Morgan fingerprint density at radius 2 is 1.56 bits per heavy atom. The van der Waals surface area contributed by atoms with Crippen molar-refractivity contribution >= 4 is 23.3 Å². The molecular formula is C22H30F6N2O5S. The highest BCUT2D eigenvalue weighted by atomic mass is 32.1. The maximum Gasteiger partial charge on any atom is 0.490 e. The molecule has 3 saturated heterocycles. The largest absolute Gasteiger partial charge is 0.490 e. The maximum absolute atomic E-state index is 10.6. The molecule has 2 N–H and O–H groups in total. The smallest absolute Gasteiger partial charge is 0.475 e. The van der Waals surface area contributed by atoms with Crippen LogP contribution < -0.4 is 0 Å². The molecule has 3 fully saturated rings. The molecule has 0 spiro atoms. The summed E-state index contributed by atoms with van der Waals surface area (Å²) in [6, 6.07) is 5.20. The van der Waals surface area contributed by atoms with E-state index in [2.05, 4.69) is 28.9 Å². The van der Waals surface area contributed by atoms with Gasteiger partial charge < -0.3 is 14.9 Å². The summed E-state index contributed by atoms with van der Waals surface area (Å²) in [4.78, 5) is 26.2. The van der Waals surface area contributed by atoms with Crippen LogP contribution in [-0.2, 0) is 20.9 Å². The number of carbonyl (C=O) groups is 2. The van der Waals surface area contributed by atoms with Crippen molar-refractivity contribution in [2.75, 3.05) is 32.8 Å². The Morgan fingerprint density at radius 1 is 1.00 bits per heavy atom. The van der Waals surface area contributed by atoms with Crippen molar-refractivity contribution < 1.29 is 50.9 Å². The van der Waals surface area contributed by atoms with Gasteiger partial charge in [-0.3, -0.25) is 9.80 Å². The summed E-state index contributed by atoms with van der Waals surface area (Å²) in [6.45, 7) is 9.31. The van der Waals surface area contributed by atoms with Crippen LogP contribution in [0.25, 0.3) is 0 Å².